The fourth-order valence-electron chi connectivity index (χ4n) is 1.88. The van der Waals surface area contributed by atoms with Crippen LogP contribution in [0.15, 0.2) is 29.1 Å². The van der Waals surface area contributed by atoms with Crippen LogP contribution in [0, 0.1) is 0 Å². The first-order valence-corrected chi connectivity index (χ1v) is 6.23. The third-order valence-electron chi connectivity index (χ3n) is 2.89. The van der Waals surface area contributed by atoms with E-state index in [2.05, 4.69) is 10.3 Å². The first kappa shape index (κ1) is 13.2. The summed E-state index contributed by atoms with van der Waals surface area (Å²) in [6, 6.07) is 7.09. The Balaban J connectivity index is 1.99. The molecule has 1 aromatic carbocycles. The lowest BCUT2D eigenvalue weighted by molar-refractivity contribution is -0.137. The Morgan fingerprint density at radius 1 is 1.21 bits per heavy atom. The molecule has 0 amide bonds. The number of carbonyl (C=O) groups is 1. The Hall–Kier alpha value is -2.24. The second kappa shape index (κ2) is 6.08. The number of hydrogen-bond acceptors (Lipinski definition) is 4. The van der Waals surface area contributed by atoms with Gasteiger partial charge in [-0.2, -0.15) is 0 Å². The highest BCUT2D eigenvalue weighted by molar-refractivity contribution is 5.76. The minimum atomic E-state index is -0.789. The SMILES string of the molecule is O=C(O)CCCCCn1nnc2ccccc2c1=O. The fraction of sp³-hybridized carbons (Fsp3) is 0.385. The molecule has 0 fully saturated rings. The molecule has 1 aromatic heterocycles. The van der Waals surface area contributed by atoms with Gasteiger partial charge in [0.05, 0.1) is 5.39 Å². The Bertz CT molecular complexity index is 636. The molecule has 1 heterocycles. The molecular formula is C13H15N3O3. The molecule has 0 aliphatic carbocycles. The van der Waals surface area contributed by atoms with Gasteiger partial charge in [0.15, 0.2) is 0 Å². The molecule has 0 atom stereocenters. The maximum atomic E-state index is 12.1. The summed E-state index contributed by atoms with van der Waals surface area (Å²) >= 11 is 0. The predicted octanol–water partition coefficient (Wildman–Crippen LogP) is 1.44. The van der Waals surface area contributed by atoms with E-state index >= 15 is 0 Å². The van der Waals surface area contributed by atoms with Crippen molar-refractivity contribution in [1.82, 2.24) is 15.0 Å². The molecule has 0 spiro atoms. The van der Waals surface area contributed by atoms with Crippen molar-refractivity contribution in [2.45, 2.75) is 32.2 Å². The van der Waals surface area contributed by atoms with Gasteiger partial charge in [0.1, 0.15) is 5.52 Å². The highest BCUT2D eigenvalue weighted by Gasteiger charge is 2.04. The molecule has 2 rings (SSSR count). The van der Waals surface area contributed by atoms with Gasteiger partial charge in [-0.1, -0.05) is 23.8 Å². The first-order valence-electron chi connectivity index (χ1n) is 6.23. The number of aromatic nitrogens is 3. The van der Waals surface area contributed by atoms with Crippen LogP contribution in [0.4, 0.5) is 0 Å². The van der Waals surface area contributed by atoms with Gasteiger partial charge in [0, 0.05) is 13.0 Å². The fourth-order valence-corrected chi connectivity index (χ4v) is 1.88. The van der Waals surface area contributed by atoms with Crippen molar-refractivity contribution in [2.75, 3.05) is 0 Å². The number of carboxylic acids is 1. The molecule has 0 aliphatic rings. The van der Waals surface area contributed by atoms with Gasteiger partial charge < -0.3 is 5.11 Å². The van der Waals surface area contributed by atoms with E-state index in [1.54, 1.807) is 18.2 Å². The van der Waals surface area contributed by atoms with Gasteiger partial charge in [0.25, 0.3) is 5.56 Å². The number of aliphatic carboxylic acids is 1. The Kier molecular flexibility index (Phi) is 4.22. The third kappa shape index (κ3) is 3.37. The second-order valence-corrected chi connectivity index (χ2v) is 4.34. The largest absolute Gasteiger partial charge is 0.481 e. The lowest BCUT2D eigenvalue weighted by Crippen LogP contribution is -2.24. The zero-order chi connectivity index (χ0) is 13.7. The topological polar surface area (TPSA) is 85.1 Å². The standard InChI is InChI=1S/C13H15N3O3/c17-12(18)8-2-1-5-9-16-13(19)10-6-3-4-7-11(10)14-15-16/h3-4,6-7H,1-2,5,8-9H2,(H,17,18). The van der Waals surface area contributed by atoms with E-state index in [4.69, 9.17) is 5.11 Å². The summed E-state index contributed by atoms with van der Waals surface area (Å²) in [7, 11) is 0. The van der Waals surface area contributed by atoms with Gasteiger partial charge in [0.2, 0.25) is 0 Å². The van der Waals surface area contributed by atoms with E-state index in [9.17, 15) is 9.59 Å². The maximum absolute atomic E-state index is 12.1. The average Bonchev–Trinajstić information content (AvgIpc) is 2.41. The molecule has 2 aromatic rings. The van der Waals surface area contributed by atoms with E-state index in [1.807, 2.05) is 6.07 Å². The number of rotatable bonds is 6. The molecule has 0 saturated carbocycles. The van der Waals surface area contributed by atoms with Crippen molar-refractivity contribution >= 4 is 16.9 Å². The summed E-state index contributed by atoms with van der Waals surface area (Å²) in [5.74, 6) is -0.789. The normalized spacial score (nSPS) is 10.7. The van der Waals surface area contributed by atoms with Crippen molar-refractivity contribution in [3.63, 3.8) is 0 Å². The zero-order valence-corrected chi connectivity index (χ0v) is 10.5. The third-order valence-corrected chi connectivity index (χ3v) is 2.89. The molecular weight excluding hydrogens is 246 g/mol. The number of benzene rings is 1. The Morgan fingerprint density at radius 3 is 2.79 bits per heavy atom. The quantitative estimate of drug-likeness (QED) is 0.795. The minimum Gasteiger partial charge on any atom is -0.481 e. The van der Waals surface area contributed by atoms with Crippen LogP contribution in [0.5, 0.6) is 0 Å². The molecule has 6 nitrogen and oxygen atoms in total. The van der Waals surface area contributed by atoms with Crippen molar-refractivity contribution in [3.05, 3.63) is 34.6 Å². The van der Waals surface area contributed by atoms with Crippen LogP contribution in [0.3, 0.4) is 0 Å². The molecule has 1 N–H and O–H groups in total. The molecule has 100 valence electrons. The minimum absolute atomic E-state index is 0.149. The zero-order valence-electron chi connectivity index (χ0n) is 10.5. The summed E-state index contributed by atoms with van der Waals surface area (Å²) in [4.78, 5) is 22.4. The van der Waals surface area contributed by atoms with Gasteiger partial charge in [-0.25, -0.2) is 4.68 Å². The van der Waals surface area contributed by atoms with Crippen LogP contribution in [0.2, 0.25) is 0 Å². The summed E-state index contributed by atoms with van der Waals surface area (Å²) in [6.45, 7) is 0.469. The number of nitrogens with zero attached hydrogens (tertiary/aromatic N) is 3. The number of fused-ring (bicyclic) bond motifs is 1. The van der Waals surface area contributed by atoms with Gasteiger partial charge in [-0.05, 0) is 25.0 Å². The van der Waals surface area contributed by atoms with E-state index in [0.717, 1.165) is 12.8 Å². The Morgan fingerprint density at radius 2 is 2.00 bits per heavy atom. The van der Waals surface area contributed by atoms with Crippen LogP contribution in [0.1, 0.15) is 25.7 Å². The van der Waals surface area contributed by atoms with Crippen LogP contribution in [-0.4, -0.2) is 26.1 Å². The van der Waals surface area contributed by atoms with E-state index < -0.39 is 5.97 Å². The molecule has 0 unspecified atom stereocenters. The van der Waals surface area contributed by atoms with Gasteiger partial charge in [-0.3, -0.25) is 9.59 Å². The number of carboxylic acid groups (broad SMARTS) is 1. The van der Waals surface area contributed by atoms with Gasteiger partial charge in [-0.15, -0.1) is 5.10 Å². The van der Waals surface area contributed by atoms with Crippen LogP contribution < -0.4 is 5.56 Å². The molecule has 19 heavy (non-hydrogen) atoms. The predicted molar refractivity (Wildman–Crippen MR) is 69.9 cm³/mol. The lowest BCUT2D eigenvalue weighted by atomic mass is 10.2. The summed E-state index contributed by atoms with van der Waals surface area (Å²) in [5, 5.41) is 16.9. The van der Waals surface area contributed by atoms with Crippen molar-refractivity contribution < 1.29 is 9.90 Å². The molecule has 0 bridgehead atoms. The van der Waals surface area contributed by atoms with Crippen molar-refractivity contribution in [1.29, 1.82) is 0 Å². The van der Waals surface area contributed by atoms with Crippen molar-refractivity contribution in [3.8, 4) is 0 Å². The summed E-state index contributed by atoms with van der Waals surface area (Å²) < 4.78 is 1.34. The number of unbranched alkanes of at least 4 members (excludes halogenated alkanes) is 2. The van der Waals surface area contributed by atoms with Crippen LogP contribution in [-0.2, 0) is 11.3 Å². The Labute approximate surface area is 109 Å². The lowest BCUT2D eigenvalue weighted by Gasteiger charge is -2.04. The van der Waals surface area contributed by atoms with E-state index in [-0.39, 0.29) is 12.0 Å². The molecule has 0 saturated heterocycles. The second-order valence-electron chi connectivity index (χ2n) is 4.34. The highest BCUT2D eigenvalue weighted by Crippen LogP contribution is 2.05. The summed E-state index contributed by atoms with van der Waals surface area (Å²) in [5.41, 5.74) is 0.443. The highest BCUT2D eigenvalue weighted by atomic mass is 16.4. The van der Waals surface area contributed by atoms with Gasteiger partial charge >= 0.3 is 5.97 Å². The maximum Gasteiger partial charge on any atom is 0.303 e. The average molecular weight is 261 g/mol. The smallest absolute Gasteiger partial charge is 0.303 e. The molecule has 0 aliphatic heterocycles. The number of hydrogen-bond donors (Lipinski definition) is 1. The van der Waals surface area contributed by atoms with Crippen molar-refractivity contribution in [2.24, 2.45) is 0 Å². The van der Waals surface area contributed by atoms with E-state index in [0.29, 0.717) is 23.9 Å². The van der Waals surface area contributed by atoms with Crippen LogP contribution in [0.25, 0.3) is 10.9 Å². The van der Waals surface area contributed by atoms with Crippen LogP contribution >= 0.6 is 0 Å². The van der Waals surface area contributed by atoms with E-state index in [1.165, 1.54) is 4.68 Å². The first-order chi connectivity index (χ1) is 9.18. The molecule has 6 heteroatoms. The molecule has 0 radical (unpaired) electrons. The number of aryl methyl sites for hydroxylation is 1. The summed E-state index contributed by atoms with van der Waals surface area (Å²) in [6.07, 6.45) is 2.26. The monoisotopic (exact) mass is 261 g/mol.